The van der Waals surface area contributed by atoms with Gasteiger partial charge in [0.05, 0.1) is 28.4 Å². The van der Waals surface area contributed by atoms with Crippen LogP contribution in [0.15, 0.2) is 65.6 Å². The number of hydrogen-bond donors (Lipinski definition) is 1. The van der Waals surface area contributed by atoms with Gasteiger partial charge in [0.15, 0.2) is 0 Å². The summed E-state index contributed by atoms with van der Waals surface area (Å²) in [5.41, 5.74) is 1.51. The lowest BCUT2D eigenvalue weighted by Crippen LogP contribution is -2.27. The summed E-state index contributed by atoms with van der Waals surface area (Å²) in [5.74, 6) is -0.0899. The second-order valence-corrected chi connectivity index (χ2v) is 9.51. The molecule has 9 heteroatoms. The minimum Gasteiger partial charge on any atom is -0.495 e. The van der Waals surface area contributed by atoms with E-state index in [-0.39, 0.29) is 10.5 Å². The molecule has 0 heterocycles. The topological polar surface area (TPSA) is 75.7 Å². The number of ether oxygens (including phenoxy) is 1. The second kappa shape index (κ2) is 9.18. The van der Waals surface area contributed by atoms with Crippen molar-refractivity contribution in [1.29, 1.82) is 0 Å². The summed E-state index contributed by atoms with van der Waals surface area (Å²) in [4.78, 5) is 12.8. The van der Waals surface area contributed by atoms with Gasteiger partial charge in [-0.1, -0.05) is 41.4 Å². The van der Waals surface area contributed by atoms with Crippen LogP contribution in [-0.4, -0.2) is 28.5 Å². The predicted molar refractivity (Wildman–Crippen MR) is 124 cm³/mol. The van der Waals surface area contributed by atoms with Crippen LogP contribution < -0.4 is 14.4 Å². The number of anilines is 2. The number of sulfonamides is 1. The molecule has 0 atom stereocenters. The summed E-state index contributed by atoms with van der Waals surface area (Å²) in [6, 6.07) is 15.8. The van der Waals surface area contributed by atoms with Crippen LogP contribution in [-0.2, 0) is 10.0 Å². The van der Waals surface area contributed by atoms with Crippen LogP contribution in [0.2, 0.25) is 10.0 Å². The minimum atomic E-state index is -3.96. The van der Waals surface area contributed by atoms with Crippen molar-refractivity contribution in [2.75, 3.05) is 23.8 Å². The molecule has 3 rings (SSSR count). The summed E-state index contributed by atoms with van der Waals surface area (Å²) in [7, 11) is -1.06. The lowest BCUT2D eigenvalue weighted by atomic mass is 10.1. The Labute approximate surface area is 191 Å². The molecule has 0 aliphatic carbocycles. The first kappa shape index (κ1) is 22.9. The number of benzene rings is 3. The zero-order valence-corrected chi connectivity index (χ0v) is 19.3. The minimum absolute atomic E-state index is 0.0335. The van der Waals surface area contributed by atoms with Gasteiger partial charge in [-0.25, -0.2) is 8.42 Å². The molecule has 0 unspecified atom stereocenters. The Kier molecular flexibility index (Phi) is 6.79. The standard InChI is InChI=1S/C22H20Cl2N2O4S/c1-14-8-10-16(31(28,29)26(2)20-6-4-5-7-21(20)30-3)13-17(14)22(27)25-19-12-15(23)9-11-18(19)24/h4-13H,1-3H3,(H,25,27). The highest BCUT2D eigenvalue weighted by molar-refractivity contribution is 7.92. The molecule has 6 nitrogen and oxygen atoms in total. The lowest BCUT2D eigenvalue weighted by molar-refractivity contribution is 0.102. The highest BCUT2D eigenvalue weighted by Gasteiger charge is 2.25. The summed E-state index contributed by atoms with van der Waals surface area (Å²) >= 11 is 12.1. The SMILES string of the molecule is COc1ccccc1N(C)S(=O)(=O)c1ccc(C)c(C(=O)Nc2cc(Cl)ccc2Cl)c1. The summed E-state index contributed by atoms with van der Waals surface area (Å²) < 4.78 is 32.9. The van der Waals surface area contributed by atoms with E-state index in [4.69, 9.17) is 27.9 Å². The van der Waals surface area contributed by atoms with Crippen LogP contribution in [0.25, 0.3) is 0 Å². The molecule has 0 aromatic heterocycles. The van der Waals surface area contributed by atoms with Crippen molar-refractivity contribution in [2.45, 2.75) is 11.8 Å². The molecule has 0 bridgehead atoms. The number of methoxy groups -OCH3 is 1. The Hall–Kier alpha value is -2.74. The van der Waals surface area contributed by atoms with Crippen molar-refractivity contribution in [3.05, 3.63) is 81.8 Å². The molecule has 0 saturated carbocycles. The zero-order chi connectivity index (χ0) is 22.8. The Morgan fingerprint density at radius 2 is 1.74 bits per heavy atom. The summed E-state index contributed by atoms with van der Waals surface area (Å²) in [5, 5.41) is 3.41. The van der Waals surface area contributed by atoms with E-state index in [1.165, 1.54) is 32.4 Å². The van der Waals surface area contributed by atoms with E-state index in [9.17, 15) is 13.2 Å². The Bertz CT molecular complexity index is 1250. The molecule has 0 saturated heterocycles. The first-order valence-corrected chi connectivity index (χ1v) is 11.3. The smallest absolute Gasteiger partial charge is 0.264 e. The Balaban J connectivity index is 1.98. The van der Waals surface area contributed by atoms with Crippen molar-refractivity contribution in [1.82, 2.24) is 0 Å². The number of halogens is 2. The largest absolute Gasteiger partial charge is 0.495 e. The van der Waals surface area contributed by atoms with E-state index in [1.54, 1.807) is 49.4 Å². The fraction of sp³-hybridized carbons (Fsp3) is 0.136. The van der Waals surface area contributed by atoms with Crippen LogP contribution in [0.1, 0.15) is 15.9 Å². The maximum Gasteiger partial charge on any atom is 0.264 e. The second-order valence-electron chi connectivity index (χ2n) is 6.70. The molecule has 162 valence electrons. The van der Waals surface area contributed by atoms with Gasteiger partial charge in [0, 0.05) is 17.6 Å². The van der Waals surface area contributed by atoms with Crippen molar-refractivity contribution in [3.8, 4) is 5.75 Å². The van der Waals surface area contributed by atoms with Crippen LogP contribution in [0.3, 0.4) is 0 Å². The van der Waals surface area contributed by atoms with Crippen molar-refractivity contribution in [3.63, 3.8) is 0 Å². The third kappa shape index (κ3) is 4.79. The van der Waals surface area contributed by atoms with Crippen LogP contribution in [0, 0.1) is 6.92 Å². The van der Waals surface area contributed by atoms with Gasteiger partial charge in [0.2, 0.25) is 0 Å². The third-order valence-corrected chi connectivity index (χ3v) is 7.05. The maximum absolute atomic E-state index is 13.2. The van der Waals surface area contributed by atoms with E-state index >= 15 is 0 Å². The molecule has 3 aromatic rings. The Morgan fingerprint density at radius 1 is 1.03 bits per heavy atom. The summed E-state index contributed by atoms with van der Waals surface area (Å²) in [6.45, 7) is 1.72. The molecular formula is C22H20Cl2N2O4S. The summed E-state index contributed by atoms with van der Waals surface area (Å²) in [6.07, 6.45) is 0. The molecular weight excluding hydrogens is 459 g/mol. The average Bonchev–Trinajstić information content (AvgIpc) is 2.75. The number of nitrogens with one attached hydrogen (secondary N) is 1. The molecule has 31 heavy (non-hydrogen) atoms. The highest BCUT2D eigenvalue weighted by Crippen LogP contribution is 2.32. The number of carbonyl (C=O) groups excluding carboxylic acids is 1. The lowest BCUT2D eigenvalue weighted by Gasteiger charge is -2.22. The molecule has 1 N–H and O–H groups in total. The molecule has 1 amide bonds. The van der Waals surface area contributed by atoms with Gasteiger partial charge < -0.3 is 10.1 Å². The molecule has 0 spiro atoms. The van der Waals surface area contributed by atoms with E-state index < -0.39 is 15.9 Å². The fourth-order valence-corrected chi connectivity index (χ4v) is 4.54. The first-order chi connectivity index (χ1) is 14.6. The zero-order valence-electron chi connectivity index (χ0n) is 17.0. The number of para-hydroxylation sites is 2. The molecule has 0 aliphatic heterocycles. The normalized spacial score (nSPS) is 11.1. The van der Waals surface area contributed by atoms with Crippen molar-refractivity contribution < 1.29 is 17.9 Å². The third-order valence-electron chi connectivity index (χ3n) is 4.71. The van der Waals surface area contributed by atoms with Gasteiger partial charge in [0.25, 0.3) is 15.9 Å². The predicted octanol–water partition coefficient (Wildman–Crippen LogP) is 5.39. The van der Waals surface area contributed by atoms with E-state index in [0.29, 0.717) is 32.7 Å². The van der Waals surface area contributed by atoms with Crippen LogP contribution in [0.5, 0.6) is 5.75 Å². The van der Waals surface area contributed by atoms with E-state index in [1.807, 2.05) is 0 Å². The molecule has 0 aliphatic rings. The first-order valence-electron chi connectivity index (χ1n) is 9.14. The van der Waals surface area contributed by atoms with Gasteiger partial charge in [-0.05, 0) is 55.0 Å². The molecule has 0 radical (unpaired) electrons. The van der Waals surface area contributed by atoms with Crippen molar-refractivity contribution in [2.24, 2.45) is 0 Å². The Morgan fingerprint density at radius 3 is 2.45 bits per heavy atom. The monoisotopic (exact) mass is 478 g/mol. The molecule has 0 fully saturated rings. The number of amides is 1. The van der Waals surface area contributed by atoms with Crippen LogP contribution in [0.4, 0.5) is 11.4 Å². The number of hydrogen-bond acceptors (Lipinski definition) is 4. The van der Waals surface area contributed by atoms with E-state index in [0.717, 1.165) is 4.31 Å². The fourth-order valence-electron chi connectivity index (χ4n) is 2.97. The van der Waals surface area contributed by atoms with Crippen LogP contribution >= 0.6 is 23.2 Å². The quantitative estimate of drug-likeness (QED) is 0.515. The highest BCUT2D eigenvalue weighted by atomic mass is 35.5. The van der Waals surface area contributed by atoms with Gasteiger partial charge in [0.1, 0.15) is 5.75 Å². The number of aryl methyl sites for hydroxylation is 1. The van der Waals surface area contributed by atoms with Gasteiger partial charge in [-0.3, -0.25) is 9.10 Å². The molecule has 3 aromatic carbocycles. The van der Waals surface area contributed by atoms with E-state index in [2.05, 4.69) is 5.32 Å². The van der Waals surface area contributed by atoms with Gasteiger partial charge in [-0.15, -0.1) is 0 Å². The average molecular weight is 479 g/mol. The van der Waals surface area contributed by atoms with Crippen molar-refractivity contribution >= 4 is 50.5 Å². The number of rotatable bonds is 6. The number of nitrogens with zero attached hydrogens (tertiary/aromatic N) is 1. The number of carbonyl (C=O) groups is 1. The maximum atomic E-state index is 13.2. The van der Waals surface area contributed by atoms with Gasteiger partial charge >= 0.3 is 0 Å². The van der Waals surface area contributed by atoms with Gasteiger partial charge in [-0.2, -0.15) is 0 Å².